The number of nitrogens with zero attached hydrogens (tertiary/aromatic N) is 1. The van der Waals surface area contributed by atoms with Crippen LogP contribution in [-0.4, -0.2) is 37.1 Å². The van der Waals surface area contributed by atoms with Crippen molar-refractivity contribution in [3.63, 3.8) is 0 Å². The maximum atomic E-state index is 11.3. The number of likely N-dealkylation sites (N-methyl/N-ethyl adjacent to an activating group) is 1. The van der Waals surface area contributed by atoms with E-state index in [9.17, 15) is 4.79 Å². The summed E-state index contributed by atoms with van der Waals surface area (Å²) >= 11 is 0. The van der Waals surface area contributed by atoms with E-state index in [1.807, 2.05) is 0 Å². The second-order valence-corrected chi connectivity index (χ2v) is 3.29. The highest BCUT2D eigenvalue weighted by molar-refractivity contribution is 5.74. The Morgan fingerprint density at radius 1 is 1.67 bits per heavy atom. The third-order valence-electron chi connectivity index (χ3n) is 2.24. The van der Waals surface area contributed by atoms with Crippen molar-refractivity contribution in [3.05, 3.63) is 0 Å². The van der Waals surface area contributed by atoms with Gasteiger partial charge in [-0.25, -0.2) is 4.79 Å². The van der Waals surface area contributed by atoms with Crippen LogP contribution in [0.3, 0.4) is 0 Å². The predicted octanol–water partition coefficient (Wildman–Crippen LogP) is 0.139. The van der Waals surface area contributed by atoms with Crippen molar-refractivity contribution in [2.45, 2.75) is 25.3 Å². The molecule has 0 aromatic heterocycles. The van der Waals surface area contributed by atoms with Gasteiger partial charge in [0.25, 0.3) is 0 Å². The molecule has 0 radical (unpaired) electrons. The minimum atomic E-state index is 0.00477. The van der Waals surface area contributed by atoms with E-state index < -0.39 is 0 Å². The third-order valence-corrected chi connectivity index (χ3v) is 2.24. The Hall–Kier alpha value is -0.770. The highest BCUT2D eigenvalue weighted by Crippen LogP contribution is 2.17. The van der Waals surface area contributed by atoms with E-state index in [0.29, 0.717) is 19.1 Å². The van der Waals surface area contributed by atoms with Crippen LogP contribution in [0, 0.1) is 0 Å². The lowest BCUT2D eigenvalue weighted by atomic mass is 9.93. The Morgan fingerprint density at radius 2 is 2.33 bits per heavy atom. The zero-order valence-corrected chi connectivity index (χ0v) is 7.55. The maximum Gasteiger partial charge on any atom is 0.317 e. The summed E-state index contributed by atoms with van der Waals surface area (Å²) in [5.74, 6) is 0. The van der Waals surface area contributed by atoms with Crippen LogP contribution in [0.4, 0.5) is 4.79 Å². The highest BCUT2D eigenvalue weighted by Gasteiger charge is 2.20. The van der Waals surface area contributed by atoms with E-state index in [4.69, 9.17) is 5.73 Å². The molecule has 0 saturated heterocycles. The normalized spacial score (nSPS) is 16.8. The minimum absolute atomic E-state index is 0.00477. The summed E-state index contributed by atoms with van der Waals surface area (Å²) in [6, 6.07) is 0.419. The fourth-order valence-electron chi connectivity index (χ4n) is 1.13. The van der Waals surface area contributed by atoms with E-state index in [0.717, 1.165) is 12.8 Å². The van der Waals surface area contributed by atoms with E-state index >= 15 is 0 Å². The van der Waals surface area contributed by atoms with E-state index in [1.165, 1.54) is 6.42 Å². The van der Waals surface area contributed by atoms with Crippen molar-refractivity contribution in [2.75, 3.05) is 20.1 Å². The van der Waals surface area contributed by atoms with Crippen LogP contribution in [-0.2, 0) is 0 Å². The molecular weight excluding hydrogens is 154 g/mol. The number of carbonyl (C=O) groups excluding carboxylic acids is 1. The molecule has 0 spiro atoms. The van der Waals surface area contributed by atoms with Gasteiger partial charge < -0.3 is 16.0 Å². The maximum absolute atomic E-state index is 11.3. The van der Waals surface area contributed by atoms with Crippen LogP contribution in [0.5, 0.6) is 0 Å². The summed E-state index contributed by atoms with van der Waals surface area (Å²) in [6.07, 6.45) is 3.50. The molecule has 4 heteroatoms. The molecule has 2 amide bonds. The van der Waals surface area contributed by atoms with Crippen LogP contribution >= 0.6 is 0 Å². The summed E-state index contributed by atoms with van der Waals surface area (Å²) in [7, 11) is 1.76. The Kier molecular flexibility index (Phi) is 3.34. The quantitative estimate of drug-likeness (QED) is 0.634. The average molecular weight is 171 g/mol. The number of hydrogen-bond donors (Lipinski definition) is 2. The minimum Gasteiger partial charge on any atom is -0.335 e. The number of urea groups is 1. The molecule has 12 heavy (non-hydrogen) atoms. The van der Waals surface area contributed by atoms with Crippen molar-refractivity contribution >= 4 is 6.03 Å². The number of nitrogens with one attached hydrogen (secondary N) is 1. The molecule has 0 bridgehead atoms. The number of amides is 2. The molecule has 1 rings (SSSR count). The van der Waals surface area contributed by atoms with E-state index in [1.54, 1.807) is 11.9 Å². The van der Waals surface area contributed by atoms with Gasteiger partial charge in [-0.2, -0.15) is 0 Å². The van der Waals surface area contributed by atoms with Gasteiger partial charge in [-0.1, -0.05) is 0 Å². The van der Waals surface area contributed by atoms with Crippen LogP contribution in [0.15, 0.2) is 0 Å². The number of nitrogens with two attached hydrogens (primary N) is 1. The Labute approximate surface area is 73.1 Å². The van der Waals surface area contributed by atoms with Gasteiger partial charge in [0.15, 0.2) is 0 Å². The van der Waals surface area contributed by atoms with Crippen LogP contribution in [0.25, 0.3) is 0 Å². The first-order chi connectivity index (χ1) is 5.74. The average Bonchev–Trinajstić information content (AvgIpc) is 1.97. The molecular formula is C8H17N3O. The number of hydrogen-bond acceptors (Lipinski definition) is 2. The zero-order valence-electron chi connectivity index (χ0n) is 7.55. The first kappa shape index (κ1) is 9.32. The summed E-state index contributed by atoms with van der Waals surface area (Å²) < 4.78 is 0. The Morgan fingerprint density at radius 3 is 2.75 bits per heavy atom. The van der Waals surface area contributed by atoms with Gasteiger partial charge >= 0.3 is 6.03 Å². The highest BCUT2D eigenvalue weighted by atomic mass is 16.2. The molecule has 0 heterocycles. The number of rotatable bonds is 3. The second kappa shape index (κ2) is 4.30. The molecule has 0 atom stereocenters. The standard InChI is InChI=1S/C8H17N3O/c1-11(6-5-9)8(12)10-7-3-2-4-7/h7H,2-6,9H2,1H3,(H,10,12). The molecule has 1 aliphatic carbocycles. The smallest absolute Gasteiger partial charge is 0.317 e. The molecule has 1 aliphatic rings. The molecule has 0 aromatic carbocycles. The van der Waals surface area contributed by atoms with Crippen molar-refractivity contribution in [1.29, 1.82) is 0 Å². The van der Waals surface area contributed by atoms with Crippen molar-refractivity contribution in [2.24, 2.45) is 5.73 Å². The van der Waals surface area contributed by atoms with Gasteiger partial charge in [0.1, 0.15) is 0 Å². The third kappa shape index (κ3) is 2.37. The second-order valence-electron chi connectivity index (χ2n) is 3.29. The fraction of sp³-hybridized carbons (Fsp3) is 0.875. The Bertz CT molecular complexity index is 156. The largest absolute Gasteiger partial charge is 0.335 e. The number of carbonyl (C=O) groups is 1. The van der Waals surface area contributed by atoms with Gasteiger partial charge in [-0.05, 0) is 19.3 Å². The van der Waals surface area contributed by atoms with Crippen molar-refractivity contribution in [3.8, 4) is 0 Å². The fourth-order valence-corrected chi connectivity index (χ4v) is 1.13. The zero-order chi connectivity index (χ0) is 8.97. The summed E-state index contributed by atoms with van der Waals surface area (Å²) in [5.41, 5.74) is 5.32. The van der Waals surface area contributed by atoms with Crippen molar-refractivity contribution < 1.29 is 4.79 Å². The molecule has 70 valence electrons. The molecule has 0 aromatic rings. The lowest BCUT2D eigenvalue weighted by Gasteiger charge is -2.28. The lowest BCUT2D eigenvalue weighted by Crippen LogP contribution is -2.47. The van der Waals surface area contributed by atoms with Gasteiger partial charge in [-0.3, -0.25) is 0 Å². The monoisotopic (exact) mass is 171 g/mol. The van der Waals surface area contributed by atoms with E-state index in [-0.39, 0.29) is 6.03 Å². The molecule has 0 aliphatic heterocycles. The summed E-state index contributed by atoms with van der Waals surface area (Å²) in [5, 5.41) is 2.93. The molecule has 1 fully saturated rings. The van der Waals surface area contributed by atoms with Crippen LogP contribution in [0.2, 0.25) is 0 Å². The molecule has 3 N–H and O–H groups in total. The first-order valence-corrected chi connectivity index (χ1v) is 4.45. The van der Waals surface area contributed by atoms with Gasteiger partial charge in [0.2, 0.25) is 0 Å². The van der Waals surface area contributed by atoms with Gasteiger partial charge in [0.05, 0.1) is 0 Å². The predicted molar refractivity (Wildman–Crippen MR) is 47.9 cm³/mol. The first-order valence-electron chi connectivity index (χ1n) is 4.45. The molecule has 0 unspecified atom stereocenters. The summed E-state index contributed by atoms with van der Waals surface area (Å²) in [4.78, 5) is 12.9. The van der Waals surface area contributed by atoms with Crippen molar-refractivity contribution in [1.82, 2.24) is 10.2 Å². The molecule has 4 nitrogen and oxygen atoms in total. The Balaban J connectivity index is 2.16. The van der Waals surface area contributed by atoms with Crippen LogP contribution in [0.1, 0.15) is 19.3 Å². The van der Waals surface area contributed by atoms with Gasteiger partial charge in [0, 0.05) is 26.2 Å². The van der Waals surface area contributed by atoms with Crippen LogP contribution < -0.4 is 11.1 Å². The van der Waals surface area contributed by atoms with Gasteiger partial charge in [-0.15, -0.1) is 0 Å². The topological polar surface area (TPSA) is 58.4 Å². The lowest BCUT2D eigenvalue weighted by molar-refractivity contribution is 0.198. The summed E-state index contributed by atoms with van der Waals surface area (Å²) in [6.45, 7) is 1.15. The SMILES string of the molecule is CN(CCN)C(=O)NC1CCC1. The molecule has 1 saturated carbocycles. The van der Waals surface area contributed by atoms with E-state index in [2.05, 4.69) is 5.32 Å².